The van der Waals surface area contributed by atoms with Gasteiger partial charge >= 0.3 is 0 Å². The smallest absolute Gasteiger partial charge is 0.287 e. The molecule has 1 aliphatic rings. The molecule has 1 fully saturated rings. The largest absolute Gasteiger partial charge is 0.451 e. The third-order valence-corrected chi connectivity index (χ3v) is 6.21. The number of hydrogen-bond donors (Lipinski definition) is 1. The van der Waals surface area contributed by atoms with Crippen molar-refractivity contribution in [2.75, 3.05) is 32.8 Å². The average molecular weight is 413 g/mol. The molecule has 0 aliphatic carbocycles. The topological polar surface area (TPSA) is 71.8 Å². The number of amides is 1. The van der Waals surface area contributed by atoms with Gasteiger partial charge in [0, 0.05) is 30.6 Å². The van der Waals surface area contributed by atoms with Crippen LogP contribution >= 0.6 is 11.3 Å². The fraction of sp³-hybridized carbons (Fsp3) is 0.364. The van der Waals surface area contributed by atoms with Crippen LogP contribution < -0.4 is 10.7 Å². The molecule has 0 spiro atoms. The molecule has 1 amide bonds. The van der Waals surface area contributed by atoms with Crippen molar-refractivity contribution in [3.63, 3.8) is 0 Å². The molecule has 29 heavy (non-hydrogen) atoms. The Bertz CT molecular complexity index is 1040. The Labute approximate surface area is 173 Å². The first-order valence-corrected chi connectivity index (χ1v) is 10.7. The molecule has 3 heterocycles. The van der Waals surface area contributed by atoms with Gasteiger partial charge in [-0.15, -0.1) is 11.3 Å². The molecule has 6 nitrogen and oxygen atoms in total. The number of thiophene rings is 1. The van der Waals surface area contributed by atoms with Crippen molar-refractivity contribution in [2.45, 2.75) is 19.4 Å². The minimum absolute atomic E-state index is 0.0404. The number of ether oxygens (including phenoxy) is 1. The highest BCUT2D eigenvalue weighted by Gasteiger charge is 2.24. The SMILES string of the molecule is CCc1ccc2oc(C(=O)NCC(c3cccs3)N3CCOCC3)cc(=O)c2c1. The molecule has 152 valence electrons. The lowest BCUT2D eigenvalue weighted by Gasteiger charge is -2.34. The van der Waals surface area contributed by atoms with Gasteiger partial charge in [-0.2, -0.15) is 0 Å². The van der Waals surface area contributed by atoms with Gasteiger partial charge in [0.1, 0.15) is 5.58 Å². The van der Waals surface area contributed by atoms with Crippen molar-refractivity contribution in [1.82, 2.24) is 10.2 Å². The van der Waals surface area contributed by atoms with Crippen LogP contribution in [0.2, 0.25) is 0 Å². The van der Waals surface area contributed by atoms with E-state index in [0.717, 1.165) is 25.1 Å². The predicted molar refractivity (Wildman–Crippen MR) is 114 cm³/mol. The van der Waals surface area contributed by atoms with E-state index in [9.17, 15) is 9.59 Å². The Morgan fingerprint density at radius 1 is 1.24 bits per heavy atom. The summed E-state index contributed by atoms with van der Waals surface area (Å²) in [6, 6.07) is 11.0. The maximum atomic E-state index is 12.7. The molecular weight excluding hydrogens is 388 g/mol. The summed E-state index contributed by atoms with van der Waals surface area (Å²) in [7, 11) is 0. The lowest BCUT2D eigenvalue weighted by atomic mass is 10.1. The lowest BCUT2D eigenvalue weighted by Crippen LogP contribution is -2.43. The summed E-state index contributed by atoms with van der Waals surface area (Å²) >= 11 is 1.67. The molecular formula is C22H24N2O4S. The Balaban J connectivity index is 1.52. The van der Waals surface area contributed by atoms with E-state index in [2.05, 4.69) is 16.3 Å². The van der Waals surface area contributed by atoms with Crippen LogP contribution in [0.5, 0.6) is 0 Å². The fourth-order valence-electron chi connectivity index (χ4n) is 3.59. The van der Waals surface area contributed by atoms with Crippen molar-refractivity contribution in [2.24, 2.45) is 0 Å². The molecule has 1 aliphatic heterocycles. The highest BCUT2D eigenvalue weighted by molar-refractivity contribution is 7.10. The van der Waals surface area contributed by atoms with Gasteiger partial charge in [0.05, 0.1) is 24.6 Å². The van der Waals surface area contributed by atoms with Crippen LogP contribution in [-0.2, 0) is 11.2 Å². The van der Waals surface area contributed by atoms with Gasteiger partial charge in [-0.1, -0.05) is 19.1 Å². The monoisotopic (exact) mass is 412 g/mol. The Morgan fingerprint density at radius 3 is 2.79 bits per heavy atom. The van der Waals surface area contributed by atoms with E-state index in [4.69, 9.17) is 9.15 Å². The number of carbonyl (C=O) groups excluding carboxylic acids is 1. The predicted octanol–water partition coefficient (Wildman–Crippen LogP) is 3.22. The second-order valence-corrected chi connectivity index (χ2v) is 8.03. The maximum absolute atomic E-state index is 12.7. The van der Waals surface area contributed by atoms with Crippen LogP contribution in [0, 0.1) is 0 Å². The number of carbonyl (C=O) groups is 1. The van der Waals surface area contributed by atoms with E-state index in [0.29, 0.717) is 30.7 Å². The molecule has 1 atom stereocenters. The van der Waals surface area contributed by atoms with Gasteiger partial charge in [-0.05, 0) is 35.6 Å². The Hall–Kier alpha value is -2.48. The zero-order chi connectivity index (χ0) is 20.2. The third-order valence-electron chi connectivity index (χ3n) is 5.24. The number of nitrogens with zero attached hydrogens (tertiary/aromatic N) is 1. The molecule has 1 saturated heterocycles. The van der Waals surface area contributed by atoms with Crippen LogP contribution in [-0.4, -0.2) is 43.7 Å². The van der Waals surface area contributed by atoms with Crippen LogP contribution in [0.3, 0.4) is 0 Å². The minimum atomic E-state index is -0.376. The normalized spacial score (nSPS) is 16.0. The van der Waals surface area contributed by atoms with Gasteiger partial charge in [-0.3, -0.25) is 14.5 Å². The molecule has 3 aromatic rings. The highest BCUT2D eigenvalue weighted by atomic mass is 32.1. The van der Waals surface area contributed by atoms with E-state index in [1.165, 1.54) is 10.9 Å². The summed E-state index contributed by atoms with van der Waals surface area (Å²) in [4.78, 5) is 28.7. The number of morpholine rings is 1. The first-order chi connectivity index (χ1) is 14.2. The summed E-state index contributed by atoms with van der Waals surface area (Å²) in [6.45, 7) is 5.50. The van der Waals surface area contributed by atoms with Crippen LogP contribution in [0.1, 0.15) is 34.0 Å². The highest BCUT2D eigenvalue weighted by Crippen LogP contribution is 2.25. The zero-order valence-electron chi connectivity index (χ0n) is 16.3. The van der Waals surface area contributed by atoms with Gasteiger partial charge in [-0.25, -0.2) is 0 Å². The van der Waals surface area contributed by atoms with E-state index in [-0.39, 0.29) is 23.1 Å². The maximum Gasteiger partial charge on any atom is 0.287 e. The van der Waals surface area contributed by atoms with Crippen molar-refractivity contribution < 1.29 is 13.9 Å². The Morgan fingerprint density at radius 2 is 2.07 bits per heavy atom. The number of fused-ring (bicyclic) bond motifs is 1. The van der Waals surface area contributed by atoms with Crippen LogP contribution in [0.4, 0.5) is 0 Å². The molecule has 0 radical (unpaired) electrons. The number of aryl methyl sites for hydroxylation is 1. The molecule has 0 bridgehead atoms. The molecule has 4 rings (SSSR count). The average Bonchev–Trinajstić information content (AvgIpc) is 3.29. The summed E-state index contributed by atoms with van der Waals surface area (Å²) in [5, 5.41) is 5.50. The third kappa shape index (κ3) is 4.42. The summed E-state index contributed by atoms with van der Waals surface area (Å²) in [5.74, 6) is -0.336. The zero-order valence-corrected chi connectivity index (χ0v) is 17.2. The number of hydrogen-bond acceptors (Lipinski definition) is 6. The minimum Gasteiger partial charge on any atom is -0.451 e. The van der Waals surface area contributed by atoms with Gasteiger partial charge in [0.15, 0.2) is 11.2 Å². The summed E-state index contributed by atoms with van der Waals surface area (Å²) < 4.78 is 11.2. The second-order valence-electron chi connectivity index (χ2n) is 7.05. The quantitative estimate of drug-likeness (QED) is 0.673. The van der Waals surface area contributed by atoms with E-state index >= 15 is 0 Å². The molecule has 1 aromatic carbocycles. The first kappa shape index (κ1) is 19.8. The van der Waals surface area contributed by atoms with Crippen molar-refractivity contribution in [3.05, 3.63) is 68.2 Å². The van der Waals surface area contributed by atoms with Crippen LogP contribution in [0.25, 0.3) is 11.0 Å². The number of benzene rings is 1. The standard InChI is InChI=1S/C22H24N2O4S/c1-2-15-5-6-19-16(12-15)18(25)13-20(28-19)22(26)23-14-17(21-4-3-11-29-21)24-7-9-27-10-8-24/h3-6,11-13,17H,2,7-10,14H2,1H3,(H,23,26). The van der Waals surface area contributed by atoms with Crippen molar-refractivity contribution >= 4 is 28.2 Å². The van der Waals surface area contributed by atoms with E-state index in [1.807, 2.05) is 30.5 Å². The first-order valence-electron chi connectivity index (χ1n) is 9.86. The van der Waals surface area contributed by atoms with E-state index < -0.39 is 0 Å². The fourth-order valence-corrected chi connectivity index (χ4v) is 4.45. The Kier molecular flexibility index (Phi) is 6.08. The van der Waals surface area contributed by atoms with E-state index in [1.54, 1.807) is 17.4 Å². The van der Waals surface area contributed by atoms with Crippen molar-refractivity contribution in [1.29, 1.82) is 0 Å². The lowest BCUT2D eigenvalue weighted by molar-refractivity contribution is 0.0168. The number of nitrogens with one attached hydrogen (secondary N) is 1. The molecule has 1 unspecified atom stereocenters. The van der Waals surface area contributed by atoms with Crippen LogP contribution in [0.15, 0.2) is 51.0 Å². The molecule has 7 heteroatoms. The van der Waals surface area contributed by atoms with Crippen molar-refractivity contribution in [3.8, 4) is 0 Å². The second kappa shape index (κ2) is 8.90. The molecule has 0 saturated carbocycles. The van der Waals surface area contributed by atoms with Gasteiger partial charge < -0.3 is 14.5 Å². The summed E-state index contributed by atoms with van der Waals surface area (Å²) in [5.41, 5.74) is 1.30. The van der Waals surface area contributed by atoms with Gasteiger partial charge in [0.25, 0.3) is 5.91 Å². The molecule has 1 N–H and O–H groups in total. The van der Waals surface area contributed by atoms with Gasteiger partial charge in [0.2, 0.25) is 0 Å². The summed E-state index contributed by atoms with van der Waals surface area (Å²) in [6.07, 6.45) is 0.837. The number of rotatable bonds is 6. The molecule has 2 aromatic heterocycles.